The number of likely N-dealkylation sites (N-methyl/N-ethyl adjacent to an activating group) is 1. The molecule has 360 valence electrons. The zero-order valence-electron chi connectivity index (χ0n) is 39.3. The van der Waals surface area contributed by atoms with Gasteiger partial charge in [-0.3, -0.25) is 19.0 Å². The Hall–Kier alpha value is -5.91. The molecular formula is C51H60F2N8O6S. The Morgan fingerprint density at radius 1 is 1.01 bits per heavy atom. The lowest BCUT2D eigenvalue weighted by atomic mass is 9.96. The summed E-state index contributed by atoms with van der Waals surface area (Å²) in [5.74, 6) is 2.07. The molecule has 6 aromatic rings. The summed E-state index contributed by atoms with van der Waals surface area (Å²) in [6.07, 6.45) is 10.2. The number of thiophene rings is 1. The average molecular weight is 951 g/mol. The van der Waals surface area contributed by atoms with Gasteiger partial charge in [0.25, 0.3) is 6.47 Å². The van der Waals surface area contributed by atoms with Crippen LogP contribution in [0.3, 0.4) is 0 Å². The smallest absolute Gasteiger partial charge is 0.292 e. The fraction of sp³-hybridized carbons (Fsp3) is 0.471. The van der Waals surface area contributed by atoms with Gasteiger partial charge in [-0.25, -0.2) is 18.7 Å². The number of imidazole rings is 2. The lowest BCUT2D eigenvalue weighted by Gasteiger charge is -2.31. The van der Waals surface area contributed by atoms with Crippen LogP contribution in [-0.2, 0) is 30.4 Å². The summed E-state index contributed by atoms with van der Waals surface area (Å²) in [4.78, 5) is 58.1. The number of amides is 2. The number of nitrogens with one attached hydrogen (secondary N) is 3. The summed E-state index contributed by atoms with van der Waals surface area (Å²) >= 11 is 1.75. The summed E-state index contributed by atoms with van der Waals surface area (Å²) in [5.41, 5.74) is 3.16. The van der Waals surface area contributed by atoms with E-state index in [1.165, 1.54) is 44.7 Å². The van der Waals surface area contributed by atoms with Gasteiger partial charge in [-0.1, -0.05) is 13.0 Å². The highest BCUT2D eigenvalue weighted by atomic mass is 32.1. The van der Waals surface area contributed by atoms with Crippen LogP contribution in [0.25, 0.3) is 44.7 Å². The number of carbonyl (C=O) groups is 3. The van der Waals surface area contributed by atoms with Crippen molar-refractivity contribution in [1.82, 2.24) is 39.6 Å². The summed E-state index contributed by atoms with van der Waals surface area (Å²) in [6, 6.07) is 14.9. The minimum Gasteiger partial charge on any atom is -0.471 e. The van der Waals surface area contributed by atoms with E-state index >= 15 is 4.39 Å². The van der Waals surface area contributed by atoms with E-state index in [1.807, 2.05) is 30.2 Å². The zero-order chi connectivity index (χ0) is 47.7. The van der Waals surface area contributed by atoms with Crippen LogP contribution in [0, 0.1) is 11.7 Å². The number of hydrogen-bond acceptors (Lipinski definition) is 10. The number of ether oxygens (including phenoxy) is 3. The largest absolute Gasteiger partial charge is 0.471 e. The van der Waals surface area contributed by atoms with Crippen molar-refractivity contribution >= 4 is 40.5 Å². The molecule has 2 saturated heterocycles. The first kappa shape index (κ1) is 47.2. The second kappa shape index (κ2) is 20.0. The number of likely N-dealkylation sites (tertiary alicyclic amines) is 1. The Kier molecular flexibility index (Phi) is 13.9. The van der Waals surface area contributed by atoms with Crippen LogP contribution in [0.15, 0.2) is 60.9 Å². The molecule has 4 aromatic heterocycles. The van der Waals surface area contributed by atoms with Crippen molar-refractivity contribution < 1.29 is 37.4 Å². The maximum Gasteiger partial charge on any atom is 0.292 e. The summed E-state index contributed by atoms with van der Waals surface area (Å²) in [5, 5.41) is 3.77. The van der Waals surface area contributed by atoms with Gasteiger partial charge >= 0.3 is 0 Å². The van der Waals surface area contributed by atoms with Crippen LogP contribution in [0.2, 0.25) is 0 Å². The molecule has 1 aliphatic carbocycles. The molecule has 3 fully saturated rings. The molecule has 3 N–H and O–H groups in total. The van der Waals surface area contributed by atoms with Crippen molar-refractivity contribution in [3.8, 4) is 39.5 Å². The molecule has 3 aliphatic heterocycles. The minimum absolute atomic E-state index is 0.0836. The van der Waals surface area contributed by atoms with Crippen molar-refractivity contribution in [3.05, 3.63) is 88.1 Å². The predicted molar refractivity (Wildman–Crippen MR) is 256 cm³/mol. The highest BCUT2D eigenvalue weighted by Gasteiger charge is 2.38. The van der Waals surface area contributed by atoms with Crippen molar-refractivity contribution in [1.29, 1.82) is 0 Å². The first-order chi connectivity index (χ1) is 32.9. The van der Waals surface area contributed by atoms with Crippen LogP contribution >= 0.6 is 11.3 Å². The number of benzene rings is 2. The number of H-pyrrole nitrogens is 2. The zero-order valence-corrected chi connectivity index (χ0v) is 40.1. The molecule has 0 bridgehead atoms. The highest BCUT2D eigenvalue weighted by molar-refractivity contribution is 7.12. The van der Waals surface area contributed by atoms with E-state index in [0.717, 1.165) is 78.3 Å². The van der Waals surface area contributed by atoms with Gasteiger partial charge in [-0.15, -0.1) is 11.3 Å². The van der Waals surface area contributed by atoms with Gasteiger partial charge in [0.15, 0.2) is 0 Å². The van der Waals surface area contributed by atoms with Crippen LogP contribution in [0.5, 0.6) is 5.75 Å². The van der Waals surface area contributed by atoms with Gasteiger partial charge in [-0.2, -0.15) is 0 Å². The Bertz CT molecular complexity index is 2760. The SMILES string of the molecule is CCCN(Cc1ncc(-c2cc(F)c3c(c2)OC(c2ccc(C4CC4)s2)n2c-3cc3cc(-c4cnc(C5CCCN5C(=O)CC5CCOCC5)[nH]4)ccc32)[nH]1)C(=O)C(NC)C(C)(C)F.COC=O. The highest BCUT2D eigenvalue weighted by Crippen LogP contribution is 2.50. The Balaban J connectivity index is 0.00000139. The maximum absolute atomic E-state index is 16.8. The number of aromatic amines is 2. The van der Waals surface area contributed by atoms with Crippen LogP contribution in [0.4, 0.5) is 8.78 Å². The fourth-order valence-corrected chi connectivity index (χ4v) is 11.1. The standard InChI is InChI=1S/C49H56F2N8O4S.C2H4O2/c1-5-16-57(47(61)45(52-4)49(2,3)51)27-42-53-25-35(55-42)31-22-33(50)44-38-23-32-21-30(10-11-36(32)59(38)48(63-39(44)24-31)41-13-12-40(64-41)29-8-9-29)34-26-54-46(56-34)37-7-6-17-58(37)43(60)20-28-14-18-62-19-15-28;1-4-2-3/h10-13,21-26,28-29,37,45,48,52H,5-9,14-20,27H2,1-4H3,(H,53,55)(H,54,56);2H,1H3. The van der Waals surface area contributed by atoms with Gasteiger partial charge in [0.2, 0.25) is 18.0 Å². The third-order valence-corrected chi connectivity index (χ3v) is 14.8. The monoisotopic (exact) mass is 950 g/mol. The van der Waals surface area contributed by atoms with Gasteiger partial charge in [-0.05, 0) is 120 Å². The summed E-state index contributed by atoms with van der Waals surface area (Å²) in [7, 11) is 2.89. The number of methoxy groups -OCH3 is 1. The number of hydrogen-bond donors (Lipinski definition) is 3. The molecule has 3 unspecified atom stereocenters. The fourth-order valence-electron chi connectivity index (χ4n) is 9.94. The summed E-state index contributed by atoms with van der Waals surface area (Å²) in [6.45, 7) is 7.88. The number of nitrogens with zero attached hydrogens (tertiary/aromatic N) is 5. The molecule has 0 radical (unpaired) electrons. The molecule has 17 heteroatoms. The average Bonchev–Trinajstić information content (AvgIpc) is 3.91. The predicted octanol–water partition coefficient (Wildman–Crippen LogP) is 9.45. The molecule has 7 heterocycles. The molecular weight excluding hydrogens is 891 g/mol. The quantitative estimate of drug-likeness (QED) is 0.0853. The normalized spacial score (nSPS) is 18.6. The molecule has 3 atom stereocenters. The molecule has 10 rings (SSSR count). The van der Waals surface area contributed by atoms with Crippen LogP contribution < -0.4 is 10.1 Å². The number of aromatic nitrogens is 5. The van der Waals surface area contributed by atoms with E-state index < -0.39 is 23.8 Å². The van der Waals surface area contributed by atoms with E-state index in [2.05, 4.69) is 59.9 Å². The maximum atomic E-state index is 16.8. The second-order valence-corrected chi connectivity index (χ2v) is 19.9. The molecule has 0 spiro atoms. The van der Waals surface area contributed by atoms with E-state index in [0.29, 0.717) is 71.8 Å². The van der Waals surface area contributed by atoms with Crippen molar-refractivity contribution in [2.75, 3.05) is 40.5 Å². The molecule has 2 amide bonds. The Morgan fingerprint density at radius 2 is 1.76 bits per heavy atom. The van der Waals surface area contributed by atoms with Gasteiger partial charge in [0.05, 0.1) is 65.1 Å². The number of alkyl halides is 1. The van der Waals surface area contributed by atoms with Crippen molar-refractivity contribution in [2.45, 2.75) is 109 Å². The Labute approximate surface area is 398 Å². The van der Waals surface area contributed by atoms with E-state index in [-0.39, 0.29) is 24.4 Å². The molecule has 14 nitrogen and oxygen atoms in total. The van der Waals surface area contributed by atoms with Crippen molar-refractivity contribution in [2.24, 2.45) is 5.92 Å². The van der Waals surface area contributed by atoms with Gasteiger partial charge < -0.3 is 39.3 Å². The molecule has 68 heavy (non-hydrogen) atoms. The summed E-state index contributed by atoms with van der Waals surface area (Å²) < 4.78 is 50.1. The van der Waals surface area contributed by atoms with E-state index in [1.54, 1.807) is 29.5 Å². The lowest BCUT2D eigenvalue weighted by molar-refractivity contribution is -0.137. The van der Waals surface area contributed by atoms with Crippen LogP contribution in [0.1, 0.15) is 112 Å². The number of rotatable bonds is 15. The third kappa shape index (κ3) is 9.70. The molecule has 4 aliphatic rings. The first-order valence-electron chi connectivity index (χ1n) is 23.7. The first-order valence-corrected chi connectivity index (χ1v) is 24.5. The van der Waals surface area contributed by atoms with Gasteiger partial charge in [0, 0.05) is 54.1 Å². The number of carbonyl (C=O) groups excluding carboxylic acids is 3. The van der Waals surface area contributed by atoms with E-state index in [4.69, 9.17) is 19.3 Å². The number of fused-ring (bicyclic) bond motifs is 5. The van der Waals surface area contributed by atoms with E-state index in [9.17, 15) is 14.0 Å². The lowest BCUT2D eigenvalue weighted by Crippen LogP contribution is -2.54. The molecule has 1 saturated carbocycles. The van der Waals surface area contributed by atoms with Gasteiger partial charge in [0.1, 0.15) is 34.9 Å². The topological polar surface area (TPSA) is 160 Å². The second-order valence-electron chi connectivity index (χ2n) is 18.8. The Morgan fingerprint density at radius 3 is 2.49 bits per heavy atom. The number of halogens is 2. The minimum atomic E-state index is -1.77. The third-order valence-electron chi connectivity index (χ3n) is 13.5. The van der Waals surface area contributed by atoms with Crippen LogP contribution in [-0.4, -0.2) is 105 Å². The van der Waals surface area contributed by atoms with Crippen molar-refractivity contribution in [3.63, 3.8) is 0 Å². The molecule has 2 aromatic carbocycles.